The first kappa shape index (κ1) is 19.2. The van der Waals surface area contributed by atoms with Crippen molar-refractivity contribution in [2.75, 3.05) is 43.6 Å². The van der Waals surface area contributed by atoms with Crippen LogP contribution < -0.4 is 20.1 Å². The van der Waals surface area contributed by atoms with E-state index in [1.165, 1.54) is 0 Å². The summed E-state index contributed by atoms with van der Waals surface area (Å²) in [5.74, 6) is 4.13. The number of anilines is 1. The molecule has 0 atom stereocenters. The number of thioether (sulfide) groups is 1. The summed E-state index contributed by atoms with van der Waals surface area (Å²) >= 11 is 1.82. The Kier molecular flexibility index (Phi) is 9.79. The molecule has 0 spiro atoms. The number of aliphatic imine (C=N–C) groups is 1. The van der Waals surface area contributed by atoms with E-state index in [1.807, 2.05) is 49.9 Å². The normalized spacial score (nSPS) is 11.0. The van der Waals surface area contributed by atoms with Crippen molar-refractivity contribution in [3.63, 3.8) is 0 Å². The number of nitrogens with zero attached hydrogens (tertiary/aromatic N) is 1. The first-order valence-corrected chi connectivity index (χ1v) is 8.95. The first-order chi connectivity index (χ1) is 11.2. The van der Waals surface area contributed by atoms with Crippen LogP contribution in [-0.4, -0.2) is 44.3 Å². The molecular formula is C17H27N3O2S. The molecule has 1 aromatic carbocycles. The Bertz CT molecular complexity index is 507. The van der Waals surface area contributed by atoms with Crippen LogP contribution in [-0.2, 0) is 0 Å². The fraction of sp³-hybridized carbons (Fsp3) is 0.471. The molecule has 23 heavy (non-hydrogen) atoms. The lowest BCUT2D eigenvalue weighted by Crippen LogP contribution is -2.30. The molecule has 0 bridgehead atoms. The smallest absolute Gasteiger partial charge is 0.195 e. The van der Waals surface area contributed by atoms with E-state index in [-0.39, 0.29) is 0 Å². The van der Waals surface area contributed by atoms with Crippen LogP contribution in [0.5, 0.6) is 11.5 Å². The molecule has 0 fully saturated rings. The van der Waals surface area contributed by atoms with Gasteiger partial charge < -0.3 is 20.1 Å². The molecule has 0 saturated carbocycles. The van der Waals surface area contributed by atoms with Crippen LogP contribution in [0.25, 0.3) is 0 Å². The van der Waals surface area contributed by atoms with Crippen molar-refractivity contribution in [2.45, 2.75) is 13.8 Å². The van der Waals surface area contributed by atoms with Crippen LogP contribution in [0, 0.1) is 0 Å². The van der Waals surface area contributed by atoms with Crippen LogP contribution in [0.2, 0.25) is 0 Å². The second kappa shape index (κ2) is 11.7. The summed E-state index contributed by atoms with van der Waals surface area (Å²) < 4.78 is 10.9. The van der Waals surface area contributed by atoms with E-state index in [4.69, 9.17) is 9.47 Å². The lowest BCUT2D eigenvalue weighted by molar-refractivity contribution is 0.311. The standard InChI is InChI=1S/C17H27N3O2S/c1-5-11-23-12-10-19-17(18-6-2)20-14-8-9-15(22-7-3)16(13-14)21-4/h5,8-9,13H,1,6-7,10-12H2,2-4H3,(H2,18,19,20). The van der Waals surface area contributed by atoms with Gasteiger partial charge in [-0.15, -0.1) is 6.58 Å². The van der Waals surface area contributed by atoms with Gasteiger partial charge in [-0.25, -0.2) is 0 Å². The van der Waals surface area contributed by atoms with Crippen molar-refractivity contribution >= 4 is 23.4 Å². The van der Waals surface area contributed by atoms with Crippen LogP contribution in [0.15, 0.2) is 35.8 Å². The predicted molar refractivity (Wildman–Crippen MR) is 101 cm³/mol. The van der Waals surface area contributed by atoms with Crippen molar-refractivity contribution in [1.82, 2.24) is 5.32 Å². The molecule has 0 aromatic heterocycles. The van der Waals surface area contributed by atoms with Crippen molar-refractivity contribution in [1.29, 1.82) is 0 Å². The average Bonchev–Trinajstić information content (AvgIpc) is 2.56. The Morgan fingerprint density at radius 3 is 2.83 bits per heavy atom. The highest BCUT2D eigenvalue weighted by atomic mass is 32.2. The maximum atomic E-state index is 5.53. The molecule has 0 amide bonds. The average molecular weight is 337 g/mol. The Balaban J connectivity index is 2.71. The van der Waals surface area contributed by atoms with E-state index in [0.717, 1.165) is 42.0 Å². The van der Waals surface area contributed by atoms with Gasteiger partial charge in [-0.2, -0.15) is 11.8 Å². The summed E-state index contributed by atoms with van der Waals surface area (Å²) in [4.78, 5) is 4.56. The van der Waals surface area contributed by atoms with E-state index in [9.17, 15) is 0 Å². The highest BCUT2D eigenvalue weighted by molar-refractivity contribution is 7.99. The summed E-state index contributed by atoms with van der Waals surface area (Å²) in [5, 5.41) is 6.53. The van der Waals surface area contributed by atoms with Gasteiger partial charge in [-0.1, -0.05) is 6.08 Å². The molecule has 0 aliphatic carbocycles. The molecule has 2 N–H and O–H groups in total. The lowest BCUT2D eigenvalue weighted by Gasteiger charge is -2.14. The number of ether oxygens (including phenoxy) is 2. The Labute approximate surface area is 143 Å². The number of benzene rings is 1. The number of hydrogen-bond acceptors (Lipinski definition) is 4. The van der Waals surface area contributed by atoms with Crippen molar-refractivity contribution < 1.29 is 9.47 Å². The second-order valence-electron chi connectivity index (χ2n) is 4.55. The van der Waals surface area contributed by atoms with Gasteiger partial charge in [0.15, 0.2) is 17.5 Å². The third-order valence-electron chi connectivity index (χ3n) is 2.81. The SMILES string of the molecule is C=CCSCCN=C(NCC)Nc1ccc(OCC)c(OC)c1. The summed E-state index contributed by atoms with van der Waals surface area (Å²) in [6.07, 6.45) is 1.91. The van der Waals surface area contributed by atoms with E-state index >= 15 is 0 Å². The number of hydrogen-bond donors (Lipinski definition) is 2. The fourth-order valence-electron chi connectivity index (χ4n) is 1.85. The minimum absolute atomic E-state index is 0.607. The van der Waals surface area contributed by atoms with Gasteiger partial charge >= 0.3 is 0 Å². The van der Waals surface area contributed by atoms with Gasteiger partial charge in [0.1, 0.15) is 0 Å². The molecule has 0 aliphatic heterocycles. The minimum Gasteiger partial charge on any atom is -0.493 e. The molecule has 128 valence electrons. The second-order valence-corrected chi connectivity index (χ2v) is 5.70. The molecule has 5 nitrogen and oxygen atoms in total. The quantitative estimate of drug-likeness (QED) is 0.297. The number of rotatable bonds is 10. The van der Waals surface area contributed by atoms with Gasteiger partial charge in [0, 0.05) is 29.8 Å². The summed E-state index contributed by atoms with van der Waals surface area (Å²) in [7, 11) is 1.64. The molecule has 1 rings (SSSR count). The van der Waals surface area contributed by atoms with E-state index < -0.39 is 0 Å². The monoisotopic (exact) mass is 337 g/mol. The maximum Gasteiger partial charge on any atom is 0.195 e. The molecule has 0 unspecified atom stereocenters. The largest absolute Gasteiger partial charge is 0.493 e. The third-order valence-corrected chi connectivity index (χ3v) is 3.75. The zero-order valence-electron chi connectivity index (χ0n) is 14.2. The minimum atomic E-state index is 0.607. The zero-order chi connectivity index (χ0) is 16.9. The molecular weight excluding hydrogens is 310 g/mol. The topological polar surface area (TPSA) is 54.9 Å². The lowest BCUT2D eigenvalue weighted by atomic mass is 10.2. The van der Waals surface area contributed by atoms with Crippen molar-refractivity contribution in [3.8, 4) is 11.5 Å². The molecule has 0 saturated heterocycles. The summed E-state index contributed by atoms with van der Waals surface area (Å²) in [6, 6.07) is 5.76. The van der Waals surface area contributed by atoms with Gasteiger partial charge in [0.05, 0.1) is 20.3 Å². The van der Waals surface area contributed by atoms with E-state index in [0.29, 0.717) is 12.4 Å². The highest BCUT2D eigenvalue weighted by Gasteiger charge is 2.06. The molecule has 0 aliphatic rings. The number of methoxy groups -OCH3 is 1. The van der Waals surface area contributed by atoms with E-state index in [2.05, 4.69) is 22.2 Å². The fourth-order valence-corrected chi connectivity index (χ4v) is 2.41. The van der Waals surface area contributed by atoms with Crippen LogP contribution >= 0.6 is 11.8 Å². The summed E-state index contributed by atoms with van der Waals surface area (Å²) in [5.41, 5.74) is 0.906. The molecule has 1 aromatic rings. The third kappa shape index (κ3) is 7.32. The van der Waals surface area contributed by atoms with Gasteiger partial charge in [0.25, 0.3) is 0 Å². The Hall–Kier alpha value is -1.82. The Morgan fingerprint density at radius 2 is 2.17 bits per heavy atom. The van der Waals surface area contributed by atoms with Gasteiger partial charge in [-0.3, -0.25) is 4.99 Å². The Morgan fingerprint density at radius 1 is 1.35 bits per heavy atom. The number of guanidine groups is 1. The predicted octanol–water partition coefficient (Wildman–Crippen LogP) is 3.39. The highest BCUT2D eigenvalue weighted by Crippen LogP contribution is 2.30. The zero-order valence-corrected chi connectivity index (χ0v) is 15.0. The number of nitrogens with one attached hydrogen (secondary N) is 2. The molecule has 0 heterocycles. The maximum absolute atomic E-state index is 5.53. The van der Waals surface area contributed by atoms with Crippen LogP contribution in [0.3, 0.4) is 0 Å². The molecule has 6 heteroatoms. The van der Waals surface area contributed by atoms with Gasteiger partial charge in [-0.05, 0) is 26.0 Å². The van der Waals surface area contributed by atoms with Crippen LogP contribution in [0.1, 0.15) is 13.8 Å². The van der Waals surface area contributed by atoms with Crippen molar-refractivity contribution in [3.05, 3.63) is 30.9 Å². The van der Waals surface area contributed by atoms with Gasteiger partial charge in [0.2, 0.25) is 0 Å². The summed E-state index contributed by atoms with van der Waals surface area (Å²) in [6.45, 7) is 9.87. The van der Waals surface area contributed by atoms with Crippen molar-refractivity contribution in [2.24, 2.45) is 4.99 Å². The van der Waals surface area contributed by atoms with E-state index in [1.54, 1.807) is 7.11 Å². The molecule has 0 radical (unpaired) electrons. The first-order valence-electron chi connectivity index (χ1n) is 7.79. The van der Waals surface area contributed by atoms with Crippen LogP contribution in [0.4, 0.5) is 5.69 Å².